The van der Waals surface area contributed by atoms with Crippen molar-refractivity contribution in [3.05, 3.63) is 22.6 Å². The fraction of sp³-hybridized carbons (Fsp3) is 0.667. The smallest absolute Gasteiger partial charge is 0.289 e. The van der Waals surface area contributed by atoms with Gasteiger partial charge in [0.2, 0.25) is 0 Å². The molecule has 0 saturated carbocycles. The van der Waals surface area contributed by atoms with Gasteiger partial charge in [-0.05, 0) is 26.2 Å². The third-order valence-corrected chi connectivity index (χ3v) is 5.36. The van der Waals surface area contributed by atoms with Gasteiger partial charge in [-0.15, -0.1) is 0 Å². The summed E-state index contributed by atoms with van der Waals surface area (Å²) in [4.78, 5) is 26.8. The van der Waals surface area contributed by atoms with Gasteiger partial charge >= 0.3 is 0 Å². The fourth-order valence-corrected chi connectivity index (χ4v) is 4.02. The number of carbonyl (C=O) groups excluding carboxylic acids is 2. The van der Waals surface area contributed by atoms with Crippen LogP contribution in [-0.2, 0) is 15.9 Å². The summed E-state index contributed by atoms with van der Waals surface area (Å²) in [6, 6.07) is 0. The number of nitrogens with zero attached hydrogens (tertiary/aromatic N) is 1. The lowest BCUT2D eigenvalue weighted by atomic mass is 9.93. The van der Waals surface area contributed by atoms with Crippen molar-refractivity contribution in [1.82, 2.24) is 4.90 Å². The van der Waals surface area contributed by atoms with Crippen molar-refractivity contribution < 1.29 is 23.5 Å². The summed E-state index contributed by atoms with van der Waals surface area (Å²) in [5.41, 5.74) is 1.36. The molecule has 0 aromatic carbocycles. The van der Waals surface area contributed by atoms with Crippen molar-refractivity contribution in [2.75, 3.05) is 26.3 Å². The van der Waals surface area contributed by atoms with Gasteiger partial charge < -0.3 is 18.8 Å². The zero-order valence-corrected chi connectivity index (χ0v) is 14.0. The minimum atomic E-state index is -0.113. The minimum absolute atomic E-state index is 0.0959. The second-order valence-corrected chi connectivity index (χ2v) is 6.87. The molecule has 0 N–H and O–H groups in total. The summed E-state index contributed by atoms with van der Waals surface area (Å²) in [6.45, 7) is 4.49. The van der Waals surface area contributed by atoms with Crippen molar-refractivity contribution in [1.29, 1.82) is 0 Å². The minimum Gasteiger partial charge on any atom is -0.455 e. The SMILES string of the molecule is Cc1c(C(=O)N2CCC(C3OCCO3)CC2)oc2c1C(=O)CCC2. The van der Waals surface area contributed by atoms with E-state index in [2.05, 4.69) is 0 Å². The number of fused-ring (bicyclic) bond motifs is 1. The van der Waals surface area contributed by atoms with Crippen LogP contribution in [0.2, 0.25) is 0 Å². The first-order chi connectivity index (χ1) is 11.6. The van der Waals surface area contributed by atoms with Crippen LogP contribution in [0.3, 0.4) is 0 Å². The molecule has 4 rings (SSSR count). The molecule has 6 nitrogen and oxygen atoms in total. The predicted octanol–water partition coefficient (Wildman–Crippen LogP) is 2.33. The molecule has 3 heterocycles. The lowest BCUT2D eigenvalue weighted by Gasteiger charge is -2.33. The number of amides is 1. The van der Waals surface area contributed by atoms with Crippen LogP contribution in [0.4, 0.5) is 0 Å². The molecule has 2 aliphatic heterocycles. The number of ether oxygens (including phenoxy) is 2. The lowest BCUT2D eigenvalue weighted by molar-refractivity contribution is -0.0956. The molecule has 1 aromatic heterocycles. The van der Waals surface area contributed by atoms with Crippen molar-refractivity contribution in [2.45, 2.75) is 45.3 Å². The van der Waals surface area contributed by atoms with Gasteiger partial charge in [-0.25, -0.2) is 0 Å². The van der Waals surface area contributed by atoms with Crippen molar-refractivity contribution in [3.8, 4) is 0 Å². The van der Waals surface area contributed by atoms with E-state index in [1.165, 1.54) is 0 Å². The molecule has 0 unspecified atom stereocenters. The van der Waals surface area contributed by atoms with E-state index in [0.29, 0.717) is 61.3 Å². The summed E-state index contributed by atoms with van der Waals surface area (Å²) in [7, 11) is 0. The van der Waals surface area contributed by atoms with Crippen LogP contribution in [0, 0.1) is 12.8 Å². The average Bonchev–Trinajstić information content (AvgIpc) is 3.23. The van der Waals surface area contributed by atoms with Gasteiger partial charge in [0.15, 0.2) is 17.8 Å². The number of hydrogen-bond acceptors (Lipinski definition) is 5. The number of likely N-dealkylation sites (tertiary alicyclic amines) is 1. The Morgan fingerprint density at radius 3 is 2.50 bits per heavy atom. The number of carbonyl (C=O) groups is 2. The maximum absolute atomic E-state index is 12.8. The van der Waals surface area contributed by atoms with Gasteiger partial charge in [0, 0.05) is 37.4 Å². The Balaban J connectivity index is 1.46. The highest BCUT2D eigenvalue weighted by atomic mass is 16.7. The number of aryl methyl sites for hydroxylation is 1. The predicted molar refractivity (Wildman–Crippen MR) is 85.0 cm³/mol. The van der Waals surface area contributed by atoms with Crippen molar-refractivity contribution in [2.24, 2.45) is 5.92 Å². The fourth-order valence-electron chi connectivity index (χ4n) is 4.02. The first-order valence-electron chi connectivity index (χ1n) is 8.83. The summed E-state index contributed by atoms with van der Waals surface area (Å²) in [6.07, 6.45) is 3.72. The molecule has 0 spiro atoms. The van der Waals surface area contributed by atoms with E-state index in [9.17, 15) is 9.59 Å². The Labute approximate surface area is 141 Å². The Morgan fingerprint density at radius 2 is 1.83 bits per heavy atom. The summed E-state index contributed by atoms with van der Waals surface area (Å²) < 4.78 is 16.9. The normalized spacial score (nSPS) is 22.9. The number of piperidine rings is 1. The molecule has 1 amide bonds. The number of ketones is 1. The van der Waals surface area contributed by atoms with Gasteiger partial charge in [0.1, 0.15) is 5.76 Å². The highest BCUT2D eigenvalue weighted by molar-refractivity contribution is 6.03. The van der Waals surface area contributed by atoms with E-state index in [-0.39, 0.29) is 18.0 Å². The average molecular weight is 333 g/mol. The maximum Gasteiger partial charge on any atom is 0.289 e. The second kappa shape index (κ2) is 6.33. The molecule has 2 fully saturated rings. The first kappa shape index (κ1) is 15.8. The standard InChI is InChI=1S/C18H23NO5/c1-11-15-13(20)3-2-4-14(15)24-16(11)17(21)19-7-5-12(6-8-19)18-22-9-10-23-18/h12,18H,2-10H2,1H3. The third-order valence-electron chi connectivity index (χ3n) is 5.36. The maximum atomic E-state index is 12.8. The van der Waals surface area contributed by atoms with Gasteiger partial charge in [-0.2, -0.15) is 0 Å². The summed E-state index contributed by atoms with van der Waals surface area (Å²) in [5, 5.41) is 0. The summed E-state index contributed by atoms with van der Waals surface area (Å²) in [5.74, 6) is 1.40. The van der Waals surface area contributed by atoms with Crippen molar-refractivity contribution >= 4 is 11.7 Å². The van der Waals surface area contributed by atoms with Crippen molar-refractivity contribution in [3.63, 3.8) is 0 Å². The Bertz CT molecular complexity index is 651. The zero-order valence-electron chi connectivity index (χ0n) is 14.0. The highest BCUT2D eigenvalue weighted by Crippen LogP contribution is 2.31. The van der Waals surface area contributed by atoms with Crippen LogP contribution in [-0.4, -0.2) is 49.2 Å². The molecular weight excluding hydrogens is 310 g/mol. The number of furan rings is 1. The lowest BCUT2D eigenvalue weighted by Crippen LogP contribution is -2.41. The molecule has 0 radical (unpaired) electrons. The van der Waals surface area contributed by atoms with Gasteiger partial charge in [-0.3, -0.25) is 9.59 Å². The molecule has 24 heavy (non-hydrogen) atoms. The quantitative estimate of drug-likeness (QED) is 0.831. The zero-order chi connectivity index (χ0) is 16.7. The van der Waals surface area contributed by atoms with E-state index < -0.39 is 0 Å². The second-order valence-electron chi connectivity index (χ2n) is 6.87. The van der Waals surface area contributed by atoms with E-state index >= 15 is 0 Å². The number of rotatable bonds is 2. The van der Waals surface area contributed by atoms with Crippen LogP contribution < -0.4 is 0 Å². The molecule has 2 saturated heterocycles. The van der Waals surface area contributed by atoms with E-state index in [1.807, 2.05) is 11.8 Å². The number of hydrogen-bond donors (Lipinski definition) is 0. The highest BCUT2D eigenvalue weighted by Gasteiger charge is 2.35. The Hall–Kier alpha value is -1.66. The van der Waals surface area contributed by atoms with E-state index in [0.717, 1.165) is 25.7 Å². The molecule has 130 valence electrons. The molecule has 0 bridgehead atoms. The molecule has 0 atom stereocenters. The molecule has 3 aliphatic rings. The Kier molecular flexibility index (Phi) is 4.18. The van der Waals surface area contributed by atoms with E-state index in [4.69, 9.17) is 13.9 Å². The third kappa shape index (κ3) is 2.67. The molecule has 1 aromatic rings. The van der Waals surface area contributed by atoms with Crippen LogP contribution in [0.1, 0.15) is 57.9 Å². The largest absolute Gasteiger partial charge is 0.455 e. The van der Waals surface area contributed by atoms with Crippen LogP contribution in [0.25, 0.3) is 0 Å². The molecule has 6 heteroatoms. The Morgan fingerprint density at radius 1 is 1.12 bits per heavy atom. The van der Waals surface area contributed by atoms with Gasteiger partial charge in [0.25, 0.3) is 5.91 Å². The first-order valence-corrected chi connectivity index (χ1v) is 8.83. The van der Waals surface area contributed by atoms with Crippen LogP contribution in [0.15, 0.2) is 4.42 Å². The monoisotopic (exact) mass is 333 g/mol. The van der Waals surface area contributed by atoms with E-state index in [1.54, 1.807) is 0 Å². The van der Waals surface area contributed by atoms with Crippen LogP contribution >= 0.6 is 0 Å². The van der Waals surface area contributed by atoms with Crippen LogP contribution in [0.5, 0.6) is 0 Å². The molecular formula is C18H23NO5. The van der Waals surface area contributed by atoms with Gasteiger partial charge in [-0.1, -0.05) is 0 Å². The summed E-state index contributed by atoms with van der Waals surface area (Å²) >= 11 is 0. The van der Waals surface area contributed by atoms with Gasteiger partial charge in [0.05, 0.1) is 18.8 Å². The molecule has 1 aliphatic carbocycles. The number of Topliss-reactive ketones (excluding diaryl/α,β-unsaturated/α-hetero) is 1. The topological polar surface area (TPSA) is 69.0 Å².